The van der Waals surface area contributed by atoms with E-state index in [1.807, 2.05) is 23.1 Å². The molecule has 2 rings (SSSR count). The van der Waals surface area contributed by atoms with Gasteiger partial charge < -0.3 is 4.90 Å². The fourth-order valence-corrected chi connectivity index (χ4v) is 3.23. The molecule has 1 aliphatic rings. The van der Waals surface area contributed by atoms with Crippen molar-refractivity contribution >= 4 is 17.5 Å². The molecule has 1 amide bonds. The maximum Gasteiger partial charge on any atom is 0.230 e. The number of halogens is 1. The van der Waals surface area contributed by atoms with Crippen LogP contribution >= 0.6 is 11.6 Å². The lowest BCUT2D eigenvalue weighted by molar-refractivity contribution is -0.137. The van der Waals surface area contributed by atoms with Crippen LogP contribution in [0.3, 0.4) is 0 Å². The molecule has 0 radical (unpaired) electrons. The quantitative estimate of drug-likeness (QED) is 0.682. The predicted octanol–water partition coefficient (Wildman–Crippen LogP) is 4.44. The maximum absolute atomic E-state index is 13.1. The molecule has 116 valence electrons. The van der Waals surface area contributed by atoms with E-state index >= 15 is 0 Å². The molecule has 1 aliphatic carbocycles. The lowest BCUT2D eigenvalue weighted by Gasteiger charge is -2.40. The molecule has 0 N–H and O–H groups in total. The van der Waals surface area contributed by atoms with Crippen LogP contribution in [0.5, 0.6) is 0 Å². The zero-order chi connectivity index (χ0) is 15.2. The van der Waals surface area contributed by atoms with Crippen molar-refractivity contribution < 1.29 is 4.79 Å². The fourth-order valence-electron chi connectivity index (χ4n) is 3.05. The van der Waals surface area contributed by atoms with E-state index in [-0.39, 0.29) is 11.8 Å². The van der Waals surface area contributed by atoms with Crippen LogP contribution in [0.2, 0.25) is 0 Å². The Balaban J connectivity index is 2.24. The van der Waals surface area contributed by atoms with Crippen molar-refractivity contribution in [1.29, 1.82) is 0 Å². The van der Waals surface area contributed by atoms with Gasteiger partial charge >= 0.3 is 0 Å². The number of carbonyl (C=O) groups is 1. The largest absolute Gasteiger partial charge is 0.338 e. The van der Waals surface area contributed by atoms with E-state index in [1.54, 1.807) is 0 Å². The van der Waals surface area contributed by atoms with E-state index in [2.05, 4.69) is 26.0 Å². The number of benzene rings is 1. The molecule has 0 aliphatic heterocycles. The van der Waals surface area contributed by atoms with E-state index in [0.717, 1.165) is 24.8 Å². The van der Waals surface area contributed by atoms with Gasteiger partial charge in [0.05, 0.1) is 5.92 Å². The van der Waals surface area contributed by atoms with E-state index in [0.29, 0.717) is 24.4 Å². The molecule has 21 heavy (non-hydrogen) atoms. The van der Waals surface area contributed by atoms with E-state index in [4.69, 9.17) is 11.6 Å². The van der Waals surface area contributed by atoms with Gasteiger partial charge in [-0.15, -0.1) is 11.6 Å². The van der Waals surface area contributed by atoms with Crippen LogP contribution in [-0.4, -0.2) is 29.3 Å². The molecule has 3 heteroatoms. The summed E-state index contributed by atoms with van der Waals surface area (Å²) in [4.78, 5) is 15.2. The molecule has 0 spiro atoms. The third-order valence-corrected chi connectivity index (χ3v) is 4.93. The summed E-state index contributed by atoms with van der Waals surface area (Å²) >= 11 is 5.94. The molecule has 2 nitrogen and oxygen atoms in total. The minimum Gasteiger partial charge on any atom is -0.338 e. The van der Waals surface area contributed by atoms with Gasteiger partial charge in [0.2, 0.25) is 5.91 Å². The zero-order valence-electron chi connectivity index (χ0n) is 13.1. The van der Waals surface area contributed by atoms with Gasteiger partial charge in [-0.3, -0.25) is 4.79 Å². The first-order valence-electron chi connectivity index (χ1n) is 8.10. The molecule has 2 atom stereocenters. The van der Waals surface area contributed by atoms with Crippen molar-refractivity contribution in [3.63, 3.8) is 0 Å². The van der Waals surface area contributed by atoms with Crippen molar-refractivity contribution in [3.8, 4) is 0 Å². The number of amides is 1. The van der Waals surface area contributed by atoms with Gasteiger partial charge in [-0.1, -0.05) is 50.6 Å². The number of carbonyl (C=O) groups excluding carboxylic acids is 1. The number of alkyl halides is 1. The highest BCUT2D eigenvalue weighted by Gasteiger charge is 2.35. The van der Waals surface area contributed by atoms with Gasteiger partial charge in [0.1, 0.15) is 0 Å². The van der Waals surface area contributed by atoms with Crippen molar-refractivity contribution in [2.45, 2.75) is 51.5 Å². The standard InChI is InChI=1S/C18H26ClNO/c1-3-14(2)17(15-8-5-4-6-9-15)18(21)20(13-12-19)16-10-7-11-16/h4-6,8-9,14,16-17H,3,7,10-13H2,1-2H3. The third kappa shape index (κ3) is 3.79. The first-order valence-corrected chi connectivity index (χ1v) is 8.63. The first-order chi connectivity index (χ1) is 10.2. The zero-order valence-corrected chi connectivity index (χ0v) is 13.9. The summed E-state index contributed by atoms with van der Waals surface area (Å²) in [5.41, 5.74) is 1.13. The Morgan fingerprint density at radius 2 is 2.00 bits per heavy atom. The number of rotatable bonds is 7. The molecule has 0 saturated heterocycles. The second kappa shape index (κ2) is 7.84. The smallest absolute Gasteiger partial charge is 0.230 e. The van der Waals surface area contributed by atoms with Gasteiger partial charge in [-0.2, -0.15) is 0 Å². The van der Waals surface area contributed by atoms with Crippen LogP contribution < -0.4 is 0 Å². The lowest BCUT2D eigenvalue weighted by Crippen LogP contribution is -2.48. The normalized spacial score (nSPS) is 17.9. The van der Waals surface area contributed by atoms with E-state index in [1.165, 1.54) is 6.42 Å². The Kier molecular flexibility index (Phi) is 6.10. The van der Waals surface area contributed by atoms with Gasteiger partial charge in [-0.25, -0.2) is 0 Å². The highest BCUT2D eigenvalue weighted by molar-refractivity contribution is 6.18. The molecular weight excluding hydrogens is 282 g/mol. The predicted molar refractivity (Wildman–Crippen MR) is 88.7 cm³/mol. The van der Waals surface area contributed by atoms with Gasteiger partial charge in [0.25, 0.3) is 0 Å². The lowest BCUT2D eigenvalue weighted by atomic mass is 9.82. The molecule has 0 heterocycles. The Hall–Kier alpha value is -1.02. The van der Waals surface area contributed by atoms with Gasteiger partial charge in [0.15, 0.2) is 0 Å². The summed E-state index contributed by atoms with van der Waals surface area (Å²) in [6, 6.07) is 10.6. The van der Waals surface area contributed by atoms with Crippen LogP contribution in [0.25, 0.3) is 0 Å². The highest BCUT2D eigenvalue weighted by atomic mass is 35.5. The van der Waals surface area contributed by atoms with Crippen LogP contribution in [0.15, 0.2) is 30.3 Å². The van der Waals surface area contributed by atoms with Crippen molar-refractivity contribution in [3.05, 3.63) is 35.9 Å². The summed E-state index contributed by atoms with van der Waals surface area (Å²) in [6.45, 7) is 5.00. The van der Waals surface area contributed by atoms with Crippen LogP contribution in [0.4, 0.5) is 0 Å². The Morgan fingerprint density at radius 1 is 1.33 bits per heavy atom. The van der Waals surface area contributed by atoms with Gasteiger partial charge in [-0.05, 0) is 30.7 Å². The van der Waals surface area contributed by atoms with Gasteiger partial charge in [0, 0.05) is 18.5 Å². The molecule has 1 aromatic rings. The SMILES string of the molecule is CCC(C)C(C(=O)N(CCCl)C1CCC1)c1ccccc1. The maximum atomic E-state index is 13.1. The summed E-state index contributed by atoms with van der Waals surface area (Å²) in [5, 5.41) is 0. The molecule has 1 saturated carbocycles. The van der Waals surface area contributed by atoms with Crippen LogP contribution in [0.1, 0.15) is 51.0 Å². The summed E-state index contributed by atoms with van der Waals surface area (Å²) in [7, 11) is 0. The van der Waals surface area contributed by atoms with Crippen LogP contribution in [0, 0.1) is 5.92 Å². The molecule has 1 fully saturated rings. The fraction of sp³-hybridized carbons (Fsp3) is 0.611. The van der Waals surface area contributed by atoms with E-state index < -0.39 is 0 Å². The molecular formula is C18H26ClNO. The first kappa shape index (κ1) is 16.4. The van der Waals surface area contributed by atoms with Crippen molar-refractivity contribution in [2.24, 2.45) is 5.92 Å². The highest BCUT2D eigenvalue weighted by Crippen LogP contribution is 2.33. The Morgan fingerprint density at radius 3 is 2.48 bits per heavy atom. The molecule has 0 aromatic heterocycles. The average Bonchev–Trinajstić information content (AvgIpc) is 2.46. The molecule has 1 aromatic carbocycles. The van der Waals surface area contributed by atoms with Crippen molar-refractivity contribution in [1.82, 2.24) is 4.90 Å². The molecule has 0 bridgehead atoms. The Bertz CT molecular complexity index is 444. The second-order valence-electron chi connectivity index (χ2n) is 6.08. The second-order valence-corrected chi connectivity index (χ2v) is 6.46. The summed E-state index contributed by atoms with van der Waals surface area (Å²) in [5.74, 6) is 1.09. The monoisotopic (exact) mass is 307 g/mol. The van der Waals surface area contributed by atoms with Crippen LogP contribution in [-0.2, 0) is 4.79 Å². The van der Waals surface area contributed by atoms with E-state index in [9.17, 15) is 4.79 Å². The summed E-state index contributed by atoms with van der Waals surface area (Å²) in [6.07, 6.45) is 4.50. The minimum absolute atomic E-state index is 0.0417. The molecule has 2 unspecified atom stereocenters. The average molecular weight is 308 g/mol. The number of hydrogen-bond donors (Lipinski definition) is 0. The number of hydrogen-bond acceptors (Lipinski definition) is 1. The third-order valence-electron chi connectivity index (χ3n) is 4.76. The minimum atomic E-state index is -0.0417. The number of nitrogens with zero attached hydrogens (tertiary/aromatic N) is 1. The topological polar surface area (TPSA) is 20.3 Å². The summed E-state index contributed by atoms with van der Waals surface area (Å²) < 4.78 is 0. The Labute approximate surface area is 133 Å². The van der Waals surface area contributed by atoms with Crippen molar-refractivity contribution in [2.75, 3.05) is 12.4 Å².